The van der Waals surface area contributed by atoms with Gasteiger partial charge in [-0.1, -0.05) is 11.6 Å². The molecular weight excluding hydrogens is 376 g/mol. The number of ether oxygens (including phenoxy) is 1. The van der Waals surface area contributed by atoms with E-state index in [9.17, 15) is 14.9 Å². The third-order valence-corrected chi connectivity index (χ3v) is 5.21. The van der Waals surface area contributed by atoms with Crippen LogP contribution in [0.3, 0.4) is 0 Å². The molecule has 3 rings (SSSR count). The molecule has 0 unspecified atom stereocenters. The molecule has 158 valence electrons. The van der Waals surface area contributed by atoms with Gasteiger partial charge >= 0.3 is 11.8 Å². The number of piperazine rings is 1. The Labute approximate surface area is 170 Å². The maximum atomic E-state index is 11.9. The summed E-state index contributed by atoms with van der Waals surface area (Å²) in [7, 11) is 0. The number of anilines is 2. The fraction of sp³-hybridized carbons (Fsp3) is 0.632. The number of hydrogen-bond acceptors (Lipinski definition) is 8. The topological polar surface area (TPSA) is 114 Å². The van der Waals surface area contributed by atoms with E-state index >= 15 is 0 Å². The second-order valence-corrected chi connectivity index (χ2v) is 7.11. The minimum absolute atomic E-state index is 0.116. The van der Waals surface area contributed by atoms with Crippen molar-refractivity contribution in [2.24, 2.45) is 0 Å². The fourth-order valence-corrected chi connectivity index (χ4v) is 3.69. The fourth-order valence-electron chi connectivity index (χ4n) is 3.69. The monoisotopic (exact) mass is 404 g/mol. The first-order chi connectivity index (χ1) is 14.1. The quantitative estimate of drug-likeness (QED) is 0.419. The zero-order valence-electron chi connectivity index (χ0n) is 16.8. The number of amides is 1. The molecular formula is C19H28N6O4. The van der Waals surface area contributed by atoms with Crippen molar-refractivity contribution in [3.05, 3.63) is 28.1 Å². The SMILES string of the molecule is CCOC(=O)N1CCN(c2ncnc(NCCC3=CCCCC3)c2[N+](=O)[O-])CC1. The van der Waals surface area contributed by atoms with Crippen molar-refractivity contribution in [2.45, 2.75) is 39.0 Å². The summed E-state index contributed by atoms with van der Waals surface area (Å²) in [5.74, 6) is 0.525. The number of rotatable bonds is 7. The van der Waals surface area contributed by atoms with Crippen molar-refractivity contribution < 1.29 is 14.5 Å². The first-order valence-corrected chi connectivity index (χ1v) is 10.2. The number of hydrogen-bond donors (Lipinski definition) is 1. The van der Waals surface area contributed by atoms with Crippen LogP contribution in [0.4, 0.5) is 22.1 Å². The first-order valence-electron chi connectivity index (χ1n) is 10.2. The summed E-state index contributed by atoms with van der Waals surface area (Å²) in [6.07, 6.45) is 8.78. The number of carbonyl (C=O) groups excluding carboxylic acids is 1. The Balaban J connectivity index is 1.66. The standard InChI is InChI=1S/C19H28N6O4/c1-2-29-19(26)24-12-10-23(11-13-24)18-16(25(27)28)17(21-14-22-18)20-9-8-15-6-4-3-5-7-15/h6,14H,2-5,7-13H2,1H3,(H,20,21,22). The molecule has 0 aromatic carbocycles. The minimum Gasteiger partial charge on any atom is -0.450 e. The van der Waals surface area contributed by atoms with E-state index in [0.717, 1.165) is 19.3 Å². The molecule has 1 aromatic heterocycles. The van der Waals surface area contributed by atoms with Crippen molar-refractivity contribution in [3.63, 3.8) is 0 Å². The van der Waals surface area contributed by atoms with Crippen LogP contribution in [0.15, 0.2) is 18.0 Å². The van der Waals surface area contributed by atoms with Gasteiger partial charge in [-0.25, -0.2) is 14.8 Å². The van der Waals surface area contributed by atoms with Crippen LogP contribution >= 0.6 is 0 Å². The van der Waals surface area contributed by atoms with Crippen LogP contribution in [0.25, 0.3) is 0 Å². The molecule has 1 N–H and O–H groups in total. The van der Waals surface area contributed by atoms with Crippen LogP contribution in [0.5, 0.6) is 0 Å². The lowest BCUT2D eigenvalue weighted by atomic mass is 9.97. The van der Waals surface area contributed by atoms with Crippen LogP contribution in [0.1, 0.15) is 39.0 Å². The highest BCUT2D eigenvalue weighted by atomic mass is 16.6. The van der Waals surface area contributed by atoms with Gasteiger partial charge in [0.25, 0.3) is 0 Å². The summed E-state index contributed by atoms with van der Waals surface area (Å²) < 4.78 is 5.02. The summed E-state index contributed by atoms with van der Waals surface area (Å²) in [6.45, 7) is 4.43. The van der Waals surface area contributed by atoms with Gasteiger partial charge in [0.2, 0.25) is 11.6 Å². The molecule has 1 fully saturated rings. The second kappa shape index (κ2) is 10.0. The molecule has 1 amide bonds. The van der Waals surface area contributed by atoms with Crippen LogP contribution in [-0.2, 0) is 4.74 Å². The van der Waals surface area contributed by atoms with E-state index in [1.807, 2.05) is 4.90 Å². The molecule has 10 heteroatoms. The highest BCUT2D eigenvalue weighted by molar-refractivity contribution is 5.71. The van der Waals surface area contributed by atoms with Gasteiger partial charge in [-0.3, -0.25) is 10.1 Å². The van der Waals surface area contributed by atoms with Crippen LogP contribution in [-0.4, -0.2) is 65.2 Å². The lowest BCUT2D eigenvalue weighted by Gasteiger charge is -2.34. The number of nitrogens with one attached hydrogen (secondary N) is 1. The molecule has 10 nitrogen and oxygen atoms in total. The molecule has 0 saturated carbocycles. The summed E-state index contributed by atoms with van der Waals surface area (Å²) in [5.41, 5.74) is 1.28. The molecule has 1 aromatic rings. The van der Waals surface area contributed by atoms with Gasteiger partial charge < -0.3 is 19.9 Å². The highest BCUT2D eigenvalue weighted by Crippen LogP contribution is 2.32. The Hall–Kier alpha value is -2.91. The number of aromatic nitrogens is 2. The van der Waals surface area contributed by atoms with Crippen LogP contribution in [0.2, 0.25) is 0 Å². The minimum atomic E-state index is -0.435. The lowest BCUT2D eigenvalue weighted by molar-refractivity contribution is -0.383. The largest absolute Gasteiger partial charge is 0.450 e. The van der Waals surface area contributed by atoms with E-state index in [1.54, 1.807) is 11.8 Å². The summed E-state index contributed by atoms with van der Waals surface area (Å²) in [4.78, 5) is 34.9. The van der Waals surface area contributed by atoms with E-state index < -0.39 is 4.92 Å². The van der Waals surface area contributed by atoms with E-state index in [4.69, 9.17) is 4.74 Å². The smallest absolute Gasteiger partial charge is 0.409 e. The van der Waals surface area contributed by atoms with E-state index in [0.29, 0.717) is 39.3 Å². The molecule has 0 bridgehead atoms. The second-order valence-electron chi connectivity index (χ2n) is 7.11. The van der Waals surface area contributed by atoms with Gasteiger partial charge in [-0.2, -0.15) is 0 Å². The molecule has 2 heterocycles. The van der Waals surface area contributed by atoms with Crippen molar-refractivity contribution >= 4 is 23.4 Å². The maximum absolute atomic E-state index is 11.9. The number of nitro groups is 1. The van der Waals surface area contributed by atoms with Gasteiger partial charge in [0.15, 0.2) is 0 Å². The van der Waals surface area contributed by atoms with Gasteiger partial charge in [-0.05, 0) is 39.0 Å². The first kappa shape index (κ1) is 20.8. The predicted molar refractivity (Wildman–Crippen MR) is 109 cm³/mol. The Bertz CT molecular complexity index is 761. The van der Waals surface area contributed by atoms with Crippen LogP contribution in [0, 0.1) is 10.1 Å². The number of nitrogens with zero attached hydrogens (tertiary/aromatic N) is 5. The van der Waals surface area contributed by atoms with Gasteiger partial charge in [0, 0.05) is 32.7 Å². The molecule has 2 aliphatic rings. The normalized spacial score (nSPS) is 16.9. The summed E-state index contributed by atoms with van der Waals surface area (Å²) in [6, 6.07) is 0. The molecule has 1 aliphatic heterocycles. The van der Waals surface area contributed by atoms with Gasteiger partial charge in [-0.15, -0.1) is 0 Å². The third kappa shape index (κ3) is 5.33. The highest BCUT2D eigenvalue weighted by Gasteiger charge is 2.30. The number of carbonyl (C=O) groups is 1. The van der Waals surface area contributed by atoms with E-state index in [1.165, 1.54) is 24.7 Å². The average molecular weight is 404 g/mol. The van der Waals surface area contributed by atoms with Crippen LogP contribution < -0.4 is 10.2 Å². The van der Waals surface area contributed by atoms with E-state index in [-0.39, 0.29) is 23.4 Å². The van der Waals surface area contributed by atoms with Crippen molar-refractivity contribution in [1.82, 2.24) is 14.9 Å². The molecule has 29 heavy (non-hydrogen) atoms. The molecule has 0 spiro atoms. The third-order valence-electron chi connectivity index (χ3n) is 5.21. The lowest BCUT2D eigenvalue weighted by Crippen LogP contribution is -2.49. The summed E-state index contributed by atoms with van der Waals surface area (Å²) >= 11 is 0. The zero-order valence-corrected chi connectivity index (χ0v) is 16.8. The van der Waals surface area contributed by atoms with Crippen molar-refractivity contribution in [1.29, 1.82) is 0 Å². The zero-order chi connectivity index (χ0) is 20.6. The molecule has 1 saturated heterocycles. The molecule has 0 radical (unpaired) electrons. The Kier molecular flexibility index (Phi) is 7.20. The number of allylic oxidation sites excluding steroid dienone is 1. The van der Waals surface area contributed by atoms with Gasteiger partial charge in [0.05, 0.1) is 11.5 Å². The van der Waals surface area contributed by atoms with Crippen molar-refractivity contribution in [2.75, 3.05) is 49.5 Å². The maximum Gasteiger partial charge on any atom is 0.409 e. The Morgan fingerprint density at radius 3 is 2.72 bits per heavy atom. The Morgan fingerprint density at radius 2 is 2.07 bits per heavy atom. The van der Waals surface area contributed by atoms with Crippen molar-refractivity contribution in [3.8, 4) is 0 Å². The summed E-state index contributed by atoms with van der Waals surface area (Å²) in [5, 5.41) is 14.9. The predicted octanol–water partition coefficient (Wildman–Crippen LogP) is 2.97. The molecule has 1 aliphatic carbocycles. The average Bonchev–Trinajstić information content (AvgIpc) is 2.74. The molecule has 0 atom stereocenters. The van der Waals surface area contributed by atoms with Gasteiger partial charge in [0.1, 0.15) is 6.33 Å². The van der Waals surface area contributed by atoms with E-state index in [2.05, 4.69) is 21.4 Å². The Morgan fingerprint density at radius 1 is 1.28 bits per heavy atom.